The van der Waals surface area contributed by atoms with E-state index >= 15 is 0 Å². The minimum Gasteiger partial charge on any atom is -0.352 e. The smallest absolute Gasteiger partial charge is 0.224 e. The molecule has 0 atom stereocenters. The first-order valence-corrected chi connectivity index (χ1v) is 6.68. The molecule has 1 N–H and O–H groups in total. The van der Waals surface area contributed by atoms with Gasteiger partial charge in [-0.25, -0.2) is 0 Å². The normalized spacial score (nSPS) is 10.2. The van der Waals surface area contributed by atoms with Crippen LogP contribution < -0.4 is 5.32 Å². The minimum absolute atomic E-state index is 0.0347. The van der Waals surface area contributed by atoms with Gasteiger partial charge in [0, 0.05) is 11.4 Å². The van der Waals surface area contributed by atoms with E-state index in [0.29, 0.717) is 13.0 Å². The van der Waals surface area contributed by atoms with Gasteiger partial charge in [0.1, 0.15) is 0 Å². The van der Waals surface area contributed by atoms with Gasteiger partial charge in [0.05, 0.1) is 6.42 Å². The summed E-state index contributed by atoms with van der Waals surface area (Å²) < 4.78 is 0. The van der Waals surface area contributed by atoms with Crippen molar-refractivity contribution in [1.29, 1.82) is 0 Å². The van der Waals surface area contributed by atoms with Gasteiger partial charge < -0.3 is 5.32 Å². The van der Waals surface area contributed by atoms with Gasteiger partial charge in [0.15, 0.2) is 0 Å². The number of aryl methyl sites for hydroxylation is 1. The highest BCUT2D eigenvalue weighted by Gasteiger charge is 2.03. The van der Waals surface area contributed by atoms with Crippen molar-refractivity contribution in [3.8, 4) is 0 Å². The predicted octanol–water partition coefficient (Wildman–Crippen LogP) is 3.14. The number of thiol groups is 1. The fraction of sp³-hybridized carbons (Fsp3) is 0.188. The minimum atomic E-state index is 0.0347. The van der Waals surface area contributed by atoms with Crippen LogP contribution in [0.2, 0.25) is 0 Å². The average molecular weight is 271 g/mol. The molecule has 0 bridgehead atoms. The first-order chi connectivity index (χ1) is 9.13. The van der Waals surface area contributed by atoms with Crippen molar-refractivity contribution >= 4 is 18.5 Å². The Morgan fingerprint density at radius 1 is 1.00 bits per heavy atom. The summed E-state index contributed by atoms with van der Waals surface area (Å²) in [5.41, 5.74) is 3.34. The van der Waals surface area contributed by atoms with Crippen LogP contribution in [-0.2, 0) is 17.8 Å². The van der Waals surface area contributed by atoms with E-state index in [1.54, 1.807) is 0 Å². The van der Waals surface area contributed by atoms with Gasteiger partial charge in [-0.2, -0.15) is 0 Å². The molecule has 2 aromatic rings. The molecule has 0 radical (unpaired) electrons. The lowest BCUT2D eigenvalue weighted by molar-refractivity contribution is -0.120. The zero-order chi connectivity index (χ0) is 13.7. The van der Waals surface area contributed by atoms with E-state index in [9.17, 15) is 4.79 Å². The molecule has 0 spiro atoms. The van der Waals surface area contributed by atoms with Crippen molar-refractivity contribution in [2.75, 3.05) is 0 Å². The van der Waals surface area contributed by atoms with Crippen molar-refractivity contribution in [2.45, 2.75) is 24.8 Å². The summed E-state index contributed by atoms with van der Waals surface area (Å²) >= 11 is 4.22. The lowest BCUT2D eigenvalue weighted by Crippen LogP contribution is -2.24. The molecule has 2 rings (SSSR count). The average Bonchev–Trinajstić information content (AvgIpc) is 2.41. The van der Waals surface area contributed by atoms with E-state index in [1.165, 1.54) is 5.56 Å². The second-order valence-electron chi connectivity index (χ2n) is 4.61. The van der Waals surface area contributed by atoms with Crippen molar-refractivity contribution < 1.29 is 4.79 Å². The number of nitrogens with one attached hydrogen (secondary N) is 1. The number of carbonyl (C=O) groups excluding carboxylic acids is 1. The molecular formula is C16H17NOS. The topological polar surface area (TPSA) is 29.1 Å². The summed E-state index contributed by atoms with van der Waals surface area (Å²) in [5.74, 6) is 0.0347. The van der Waals surface area contributed by atoms with Crippen LogP contribution in [0, 0.1) is 6.92 Å². The van der Waals surface area contributed by atoms with E-state index in [-0.39, 0.29) is 5.91 Å². The molecule has 2 nitrogen and oxygen atoms in total. The number of hydrogen-bond acceptors (Lipinski definition) is 2. The van der Waals surface area contributed by atoms with Gasteiger partial charge in [-0.3, -0.25) is 4.79 Å². The third-order valence-corrected chi connectivity index (χ3v) is 3.21. The van der Waals surface area contributed by atoms with Crippen LogP contribution in [-0.4, -0.2) is 5.91 Å². The molecule has 0 saturated carbocycles. The van der Waals surface area contributed by atoms with Crippen LogP contribution >= 0.6 is 12.6 Å². The molecule has 0 heterocycles. The maximum Gasteiger partial charge on any atom is 0.224 e. The van der Waals surface area contributed by atoms with Crippen molar-refractivity contribution in [3.05, 3.63) is 65.2 Å². The van der Waals surface area contributed by atoms with Crippen molar-refractivity contribution in [1.82, 2.24) is 5.32 Å². The van der Waals surface area contributed by atoms with Gasteiger partial charge in [-0.1, -0.05) is 42.0 Å². The Hall–Kier alpha value is -1.74. The highest BCUT2D eigenvalue weighted by Crippen LogP contribution is 2.08. The monoisotopic (exact) mass is 271 g/mol. The number of carbonyl (C=O) groups is 1. The first-order valence-electron chi connectivity index (χ1n) is 6.23. The third kappa shape index (κ3) is 4.45. The molecule has 0 saturated heterocycles. The number of benzene rings is 2. The quantitative estimate of drug-likeness (QED) is 0.822. The van der Waals surface area contributed by atoms with E-state index in [4.69, 9.17) is 0 Å². The van der Waals surface area contributed by atoms with Crippen molar-refractivity contribution in [3.63, 3.8) is 0 Å². The molecule has 0 aliphatic rings. The fourth-order valence-electron chi connectivity index (χ4n) is 1.77. The summed E-state index contributed by atoms with van der Waals surface area (Å²) in [4.78, 5) is 12.7. The lowest BCUT2D eigenvalue weighted by atomic mass is 10.1. The molecule has 19 heavy (non-hydrogen) atoms. The predicted molar refractivity (Wildman–Crippen MR) is 80.4 cm³/mol. The second kappa shape index (κ2) is 6.43. The Labute approximate surface area is 119 Å². The van der Waals surface area contributed by atoms with Gasteiger partial charge in [-0.05, 0) is 30.2 Å². The highest BCUT2D eigenvalue weighted by molar-refractivity contribution is 7.80. The standard InChI is InChI=1S/C16H17NOS/c1-12-2-4-14(5-3-12)11-17-16(18)10-13-6-8-15(19)9-7-13/h2-9,19H,10-11H2,1H3,(H,17,18). The van der Waals surface area contributed by atoms with Crippen LogP contribution in [0.1, 0.15) is 16.7 Å². The summed E-state index contributed by atoms with van der Waals surface area (Å²) in [6.07, 6.45) is 0.403. The van der Waals surface area contributed by atoms with Crippen LogP contribution in [0.3, 0.4) is 0 Å². The Morgan fingerprint density at radius 2 is 1.58 bits per heavy atom. The van der Waals surface area contributed by atoms with Crippen LogP contribution in [0.4, 0.5) is 0 Å². The number of hydrogen-bond donors (Lipinski definition) is 2. The SMILES string of the molecule is Cc1ccc(CNC(=O)Cc2ccc(S)cc2)cc1. The zero-order valence-electron chi connectivity index (χ0n) is 10.9. The number of amides is 1. The van der Waals surface area contributed by atoms with Gasteiger partial charge in [0.2, 0.25) is 5.91 Å². The molecule has 98 valence electrons. The van der Waals surface area contributed by atoms with Gasteiger partial charge in [-0.15, -0.1) is 12.6 Å². The lowest BCUT2D eigenvalue weighted by Gasteiger charge is -2.06. The van der Waals surface area contributed by atoms with Gasteiger partial charge >= 0.3 is 0 Å². The molecule has 0 aromatic heterocycles. The summed E-state index contributed by atoms with van der Waals surface area (Å²) in [6, 6.07) is 15.8. The molecule has 3 heteroatoms. The maximum absolute atomic E-state index is 11.8. The third-order valence-electron chi connectivity index (χ3n) is 2.91. The van der Waals surface area contributed by atoms with E-state index in [1.807, 2.05) is 55.5 Å². The maximum atomic E-state index is 11.8. The van der Waals surface area contributed by atoms with Crippen LogP contribution in [0.5, 0.6) is 0 Å². The summed E-state index contributed by atoms with van der Waals surface area (Å²) in [7, 11) is 0. The molecule has 1 amide bonds. The summed E-state index contributed by atoms with van der Waals surface area (Å²) in [6.45, 7) is 2.62. The molecule has 0 aliphatic heterocycles. The Bertz CT molecular complexity index is 546. The molecule has 0 unspecified atom stereocenters. The van der Waals surface area contributed by atoms with Crippen molar-refractivity contribution in [2.24, 2.45) is 0 Å². The number of rotatable bonds is 4. The second-order valence-corrected chi connectivity index (χ2v) is 5.12. The molecule has 0 aliphatic carbocycles. The van der Waals surface area contributed by atoms with Crippen LogP contribution in [0.15, 0.2) is 53.4 Å². The molecule has 2 aromatic carbocycles. The zero-order valence-corrected chi connectivity index (χ0v) is 11.8. The fourth-order valence-corrected chi connectivity index (χ4v) is 1.92. The first kappa shape index (κ1) is 13.7. The Balaban J connectivity index is 1.84. The Kier molecular flexibility index (Phi) is 4.63. The molecule has 0 fully saturated rings. The van der Waals surface area contributed by atoms with E-state index in [0.717, 1.165) is 16.0 Å². The van der Waals surface area contributed by atoms with E-state index in [2.05, 4.69) is 17.9 Å². The highest BCUT2D eigenvalue weighted by atomic mass is 32.1. The Morgan fingerprint density at radius 3 is 2.21 bits per heavy atom. The summed E-state index contributed by atoms with van der Waals surface area (Å²) in [5, 5.41) is 2.92. The largest absolute Gasteiger partial charge is 0.352 e. The molecular weight excluding hydrogens is 254 g/mol. The van der Waals surface area contributed by atoms with E-state index < -0.39 is 0 Å². The van der Waals surface area contributed by atoms with Crippen LogP contribution in [0.25, 0.3) is 0 Å². The van der Waals surface area contributed by atoms with Gasteiger partial charge in [0.25, 0.3) is 0 Å².